The van der Waals surface area contributed by atoms with Crippen molar-refractivity contribution in [1.29, 1.82) is 0 Å². The van der Waals surface area contributed by atoms with Crippen LogP contribution in [0.5, 0.6) is 0 Å². The van der Waals surface area contributed by atoms with Gasteiger partial charge in [-0.2, -0.15) is 0 Å². The average Bonchev–Trinajstić information content (AvgIpc) is 2.89. The molecule has 1 aliphatic carbocycles. The minimum Gasteiger partial charge on any atom is -0.312 e. The average molecular weight is 279 g/mol. The Morgan fingerprint density at radius 2 is 2.00 bits per heavy atom. The standard InChI is InChI=1S/C16H25NOS/c1-13-7-3-6-10-15(13)16(17-2)12-19(18)11-14-8-4-5-9-14/h3,6-7,10,14,16-17H,4-5,8-9,11-12H2,1-2H3. The zero-order chi connectivity index (χ0) is 13.7. The molecule has 1 aliphatic rings. The zero-order valence-electron chi connectivity index (χ0n) is 12.0. The fourth-order valence-corrected chi connectivity index (χ4v) is 4.71. The first-order valence-electron chi connectivity index (χ1n) is 7.28. The lowest BCUT2D eigenvalue weighted by Gasteiger charge is -2.19. The largest absolute Gasteiger partial charge is 0.312 e. The summed E-state index contributed by atoms with van der Waals surface area (Å²) in [6.07, 6.45) is 5.21. The molecule has 0 heterocycles. The molecular formula is C16H25NOS. The van der Waals surface area contributed by atoms with Crippen LogP contribution in [0, 0.1) is 12.8 Å². The Hall–Kier alpha value is -0.670. The second-order valence-corrected chi connectivity index (χ2v) is 7.17. The first-order valence-corrected chi connectivity index (χ1v) is 8.77. The van der Waals surface area contributed by atoms with E-state index in [1.807, 2.05) is 7.05 Å². The van der Waals surface area contributed by atoms with Crippen LogP contribution in [0.25, 0.3) is 0 Å². The molecule has 2 atom stereocenters. The Kier molecular flexibility index (Phi) is 5.59. The highest BCUT2D eigenvalue weighted by Gasteiger charge is 2.20. The zero-order valence-corrected chi connectivity index (χ0v) is 12.8. The highest BCUT2D eigenvalue weighted by atomic mass is 32.2. The van der Waals surface area contributed by atoms with Gasteiger partial charge in [0.25, 0.3) is 0 Å². The monoisotopic (exact) mass is 279 g/mol. The van der Waals surface area contributed by atoms with Crippen molar-refractivity contribution in [3.8, 4) is 0 Å². The van der Waals surface area contributed by atoms with Crippen LogP contribution in [0.15, 0.2) is 24.3 Å². The molecule has 106 valence electrons. The molecule has 1 fully saturated rings. The van der Waals surface area contributed by atoms with E-state index in [4.69, 9.17) is 0 Å². The van der Waals surface area contributed by atoms with Gasteiger partial charge in [-0.25, -0.2) is 0 Å². The topological polar surface area (TPSA) is 29.1 Å². The third-order valence-electron chi connectivity index (χ3n) is 4.16. The predicted octanol–water partition coefficient (Wildman–Crippen LogP) is 3.19. The van der Waals surface area contributed by atoms with Gasteiger partial charge in [0.1, 0.15) is 0 Å². The van der Waals surface area contributed by atoms with E-state index in [0.29, 0.717) is 5.92 Å². The van der Waals surface area contributed by atoms with Gasteiger partial charge >= 0.3 is 0 Å². The van der Waals surface area contributed by atoms with Crippen molar-refractivity contribution in [2.24, 2.45) is 5.92 Å². The van der Waals surface area contributed by atoms with E-state index in [2.05, 4.69) is 36.5 Å². The van der Waals surface area contributed by atoms with Gasteiger partial charge < -0.3 is 5.32 Å². The smallest absolute Gasteiger partial charge is 0.0437 e. The summed E-state index contributed by atoms with van der Waals surface area (Å²) >= 11 is 0. The molecule has 3 heteroatoms. The lowest BCUT2D eigenvalue weighted by atomic mass is 10.0. The van der Waals surface area contributed by atoms with Crippen LogP contribution in [0.3, 0.4) is 0 Å². The molecule has 19 heavy (non-hydrogen) atoms. The van der Waals surface area contributed by atoms with E-state index < -0.39 is 10.8 Å². The molecule has 0 saturated heterocycles. The lowest BCUT2D eigenvalue weighted by Crippen LogP contribution is -2.25. The van der Waals surface area contributed by atoms with Crippen molar-refractivity contribution < 1.29 is 4.21 Å². The van der Waals surface area contributed by atoms with E-state index in [0.717, 1.165) is 11.5 Å². The Bertz CT molecular complexity index is 427. The molecule has 0 amide bonds. The van der Waals surface area contributed by atoms with Crippen molar-refractivity contribution >= 4 is 10.8 Å². The molecule has 2 unspecified atom stereocenters. The maximum absolute atomic E-state index is 12.3. The Labute approximate surface area is 119 Å². The van der Waals surface area contributed by atoms with Crippen LogP contribution < -0.4 is 5.32 Å². The summed E-state index contributed by atoms with van der Waals surface area (Å²) in [7, 11) is 1.25. The normalized spacial score (nSPS) is 19.5. The van der Waals surface area contributed by atoms with Gasteiger partial charge in [0.05, 0.1) is 0 Å². The van der Waals surface area contributed by atoms with Crippen LogP contribution in [0.1, 0.15) is 42.9 Å². The molecule has 1 N–H and O–H groups in total. The van der Waals surface area contributed by atoms with Crippen molar-refractivity contribution in [2.45, 2.75) is 38.6 Å². The Balaban J connectivity index is 1.95. The molecule has 0 aliphatic heterocycles. The highest BCUT2D eigenvalue weighted by molar-refractivity contribution is 7.85. The van der Waals surface area contributed by atoms with E-state index in [9.17, 15) is 4.21 Å². The van der Waals surface area contributed by atoms with Crippen molar-refractivity contribution in [2.75, 3.05) is 18.6 Å². The molecule has 2 nitrogen and oxygen atoms in total. The number of nitrogens with one attached hydrogen (secondary N) is 1. The van der Waals surface area contributed by atoms with Crippen LogP contribution in [-0.2, 0) is 10.8 Å². The lowest BCUT2D eigenvalue weighted by molar-refractivity contribution is 0.593. The quantitative estimate of drug-likeness (QED) is 0.866. The SMILES string of the molecule is CNC(CS(=O)CC1CCCC1)c1ccccc1C. The van der Waals surface area contributed by atoms with E-state index >= 15 is 0 Å². The molecule has 2 rings (SSSR count). The second-order valence-electron chi connectivity index (χ2n) is 5.62. The Morgan fingerprint density at radius 3 is 2.63 bits per heavy atom. The van der Waals surface area contributed by atoms with Gasteiger partial charge in [-0.15, -0.1) is 0 Å². The minimum atomic E-state index is -0.711. The Morgan fingerprint density at radius 1 is 1.32 bits per heavy atom. The maximum atomic E-state index is 12.3. The second kappa shape index (κ2) is 7.20. The molecule has 0 aromatic heterocycles. The van der Waals surface area contributed by atoms with Crippen LogP contribution in [0.2, 0.25) is 0 Å². The van der Waals surface area contributed by atoms with E-state index in [-0.39, 0.29) is 6.04 Å². The van der Waals surface area contributed by atoms with Gasteiger partial charge in [0, 0.05) is 28.3 Å². The molecule has 1 aromatic rings. The molecule has 0 spiro atoms. The molecule has 0 radical (unpaired) electrons. The first-order chi connectivity index (χ1) is 9.20. The molecule has 1 saturated carbocycles. The van der Waals surface area contributed by atoms with Gasteiger partial charge in [0.15, 0.2) is 0 Å². The summed E-state index contributed by atoms with van der Waals surface area (Å²) in [4.78, 5) is 0. The van der Waals surface area contributed by atoms with E-state index in [1.165, 1.54) is 36.8 Å². The minimum absolute atomic E-state index is 0.212. The molecule has 1 aromatic carbocycles. The summed E-state index contributed by atoms with van der Waals surface area (Å²) < 4.78 is 12.3. The van der Waals surface area contributed by atoms with Crippen LogP contribution in [0.4, 0.5) is 0 Å². The third kappa shape index (κ3) is 4.15. The van der Waals surface area contributed by atoms with Crippen molar-refractivity contribution in [3.05, 3.63) is 35.4 Å². The summed E-state index contributed by atoms with van der Waals surface area (Å²) in [6, 6.07) is 8.60. The molecule has 0 bridgehead atoms. The van der Waals surface area contributed by atoms with Crippen LogP contribution in [-0.4, -0.2) is 22.8 Å². The van der Waals surface area contributed by atoms with Gasteiger partial charge in [-0.3, -0.25) is 4.21 Å². The predicted molar refractivity (Wildman–Crippen MR) is 82.8 cm³/mol. The van der Waals surface area contributed by atoms with Gasteiger partial charge in [-0.05, 0) is 43.9 Å². The number of hydrogen-bond donors (Lipinski definition) is 1. The summed E-state index contributed by atoms with van der Waals surface area (Å²) in [6.45, 7) is 2.12. The number of benzene rings is 1. The summed E-state index contributed by atoms with van der Waals surface area (Å²) in [5.74, 6) is 2.33. The van der Waals surface area contributed by atoms with Crippen molar-refractivity contribution in [3.63, 3.8) is 0 Å². The maximum Gasteiger partial charge on any atom is 0.0437 e. The fraction of sp³-hybridized carbons (Fsp3) is 0.625. The summed E-state index contributed by atoms with van der Waals surface area (Å²) in [5.41, 5.74) is 2.56. The fourth-order valence-electron chi connectivity index (χ4n) is 3.00. The number of hydrogen-bond acceptors (Lipinski definition) is 2. The number of rotatable bonds is 6. The highest BCUT2D eigenvalue weighted by Crippen LogP contribution is 2.26. The van der Waals surface area contributed by atoms with Gasteiger partial charge in [-0.1, -0.05) is 37.1 Å². The van der Waals surface area contributed by atoms with Crippen LogP contribution >= 0.6 is 0 Å². The van der Waals surface area contributed by atoms with E-state index in [1.54, 1.807) is 0 Å². The van der Waals surface area contributed by atoms with Gasteiger partial charge in [0.2, 0.25) is 0 Å². The number of aryl methyl sites for hydroxylation is 1. The summed E-state index contributed by atoms with van der Waals surface area (Å²) in [5, 5.41) is 3.32. The van der Waals surface area contributed by atoms with Crippen molar-refractivity contribution in [1.82, 2.24) is 5.32 Å². The molecular weight excluding hydrogens is 254 g/mol. The third-order valence-corrected chi connectivity index (χ3v) is 5.71. The first kappa shape index (κ1) is 14.7.